The van der Waals surface area contributed by atoms with Crippen molar-refractivity contribution in [2.45, 2.75) is 20.0 Å². The summed E-state index contributed by atoms with van der Waals surface area (Å²) in [5.41, 5.74) is 2.21. The molecule has 0 radical (unpaired) electrons. The number of carbonyl (C=O) groups excluding carboxylic acids is 1. The third kappa shape index (κ3) is 2.49. The number of aryl methyl sites for hydroxylation is 2. The van der Waals surface area contributed by atoms with E-state index in [2.05, 4.69) is 4.98 Å². The lowest BCUT2D eigenvalue weighted by Gasteiger charge is -2.30. The molecular weight excluding hydrogens is 230 g/mol. The van der Waals surface area contributed by atoms with Gasteiger partial charge >= 0.3 is 0 Å². The number of nitrogens with zero attached hydrogens (tertiary/aromatic N) is 3. The molecule has 18 heavy (non-hydrogen) atoms. The van der Waals surface area contributed by atoms with Crippen LogP contribution in [0.1, 0.15) is 21.7 Å². The fourth-order valence-corrected chi connectivity index (χ4v) is 1.99. The monoisotopic (exact) mass is 245 g/mol. The summed E-state index contributed by atoms with van der Waals surface area (Å²) in [6.45, 7) is 4.96. The van der Waals surface area contributed by atoms with E-state index in [1.807, 2.05) is 26.0 Å². The van der Waals surface area contributed by atoms with E-state index in [0.29, 0.717) is 25.3 Å². The zero-order valence-electron chi connectivity index (χ0n) is 10.5. The van der Waals surface area contributed by atoms with Gasteiger partial charge in [-0.1, -0.05) is 0 Å². The summed E-state index contributed by atoms with van der Waals surface area (Å²) in [5, 5.41) is 8.83. The van der Waals surface area contributed by atoms with Crippen LogP contribution in [-0.4, -0.2) is 41.6 Å². The van der Waals surface area contributed by atoms with Crippen LogP contribution in [0.3, 0.4) is 0 Å². The van der Waals surface area contributed by atoms with Crippen LogP contribution >= 0.6 is 0 Å². The van der Waals surface area contributed by atoms with Gasteiger partial charge < -0.3 is 9.64 Å². The predicted octanol–water partition coefficient (Wildman–Crippen LogP) is 1.06. The van der Waals surface area contributed by atoms with Crippen molar-refractivity contribution in [3.63, 3.8) is 0 Å². The van der Waals surface area contributed by atoms with Crippen LogP contribution in [0, 0.1) is 25.2 Å². The van der Waals surface area contributed by atoms with Gasteiger partial charge in [0.1, 0.15) is 0 Å². The van der Waals surface area contributed by atoms with Gasteiger partial charge in [-0.05, 0) is 26.0 Å². The van der Waals surface area contributed by atoms with E-state index in [4.69, 9.17) is 10.00 Å². The van der Waals surface area contributed by atoms with E-state index in [-0.39, 0.29) is 5.91 Å². The van der Waals surface area contributed by atoms with Crippen molar-refractivity contribution < 1.29 is 9.53 Å². The summed E-state index contributed by atoms with van der Waals surface area (Å²) in [7, 11) is 0. The molecule has 1 saturated heterocycles. The van der Waals surface area contributed by atoms with E-state index in [0.717, 1.165) is 11.4 Å². The van der Waals surface area contributed by atoms with E-state index in [9.17, 15) is 4.79 Å². The van der Waals surface area contributed by atoms with Crippen LogP contribution in [0.15, 0.2) is 12.1 Å². The second-order valence-electron chi connectivity index (χ2n) is 4.33. The molecule has 0 bridgehead atoms. The lowest BCUT2D eigenvalue weighted by Crippen LogP contribution is -2.45. The minimum atomic E-state index is -0.526. The number of ether oxygens (including phenoxy) is 1. The highest BCUT2D eigenvalue weighted by Crippen LogP contribution is 2.13. The van der Waals surface area contributed by atoms with E-state index >= 15 is 0 Å². The van der Waals surface area contributed by atoms with Crippen molar-refractivity contribution in [2.75, 3.05) is 19.7 Å². The Morgan fingerprint density at radius 2 is 2.33 bits per heavy atom. The summed E-state index contributed by atoms with van der Waals surface area (Å²) in [5.74, 6) is -0.0800. The predicted molar refractivity (Wildman–Crippen MR) is 65.0 cm³/mol. The maximum atomic E-state index is 12.3. The number of nitriles is 1. The minimum absolute atomic E-state index is 0.0800. The smallest absolute Gasteiger partial charge is 0.255 e. The SMILES string of the molecule is Cc1ccc(C(=O)N2CCOC(C#N)C2)c(C)n1. The highest BCUT2D eigenvalue weighted by Gasteiger charge is 2.25. The Morgan fingerprint density at radius 1 is 1.56 bits per heavy atom. The number of carbonyl (C=O) groups is 1. The van der Waals surface area contributed by atoms with Crippen LogP contribution in [-0.2, 0) is 4.74 Å². The molecule has 2 heterocycles. The van der Waals surface area contributed by atoms with Crippen molar-refractivity contribution in [3.05, 3.63) is 29.1 Å². The first-order valence-electron chi connectivity index (χ1n) is 5.86. The first-order valence-corrected chi connectivity index (χ1v) is 5.86. The van der Waals surface area contributed by atoms with Crippen molar-refractivity contribution in [1.82, 2.24) is 9.88 Å². The second-order valence-corrected chi connectivity index (χ2v) is 4.33. The second kappa shape index (κ2) is 5.15. The normalized spacial score (nSPS) is 19.4. The Bertz CT molecular complexity index is 507. The largest absolute Gasteiger partial charge is 0.360 e. The van der Waals surface area contributed by atoms with Gasteiger partial charge in [-0.3, -0.25) is 9.78 Å². The molecule has 1 aliphatic heterocycles. The lowest BCUT2D eigenvalue weighted by molar-refractivity contribution is 0.00341. The maximum absolute atomic E-state index is 12.3. The molecule has 5 heteroatoms. The Hall–Kier alpha value is -1.93. The summed E-state index contributed by atoms with van der Waals surface area (Å²) < 4.78 is 5.22. The van der Waals surface area contributed by atoms with Crippen LogP contribution < -0.4 is 0 Å². The molecule has 1 aromatic heterocycles. The molecule has 94 valence electrons. The molecule has 1 amide bonds. The average molecular weight is 245 g/mol. The first kappa shape index (κ1) is 12.5. The van der Waals surface area contributed by atoms with Gasteiger partial charge in [0.15, 0.2) is 6.10 Å². The Morgan fingerprint density at radius 3 is 3.00 bits per heavy atom. The summed E-state index contributed by atoms with van der Waals surface area (Å²) >= 11 is 0. The zero-order valence-corrected chi connectivity index (χ0v) is 10.5. The molecule has 0 N–H and O–H groups in total. The standard InChI is InChI=1S/C13H15N3O2/c1-9-3-4-12(10(2)15-9)13(17)16-5-6-18-11(7-14)8-16/h3-4,11H,5-6,8H2,1-2H3. The average Bonchev–Trinajstić information content (AvgIpc) is 2.38. The van der Waals surface area contributed by atoms with Crippen molar-refractivity contribution >= 4 is 5.91 Å². The fourth-order valence-electron chi connectivity index (χ4n) is 1.99. The summed E-state index contributed by atoms with van der Waals surface area (Å²) in [6.07, 6.45) is -0.526. The van der Waals surface area contributed by atoms with E-state index in [1.54, 1.807) is 11.0 Å². The van der Waals surface area contributed by atoms with Gasteiger partial charge in [-0.25, -0.2) is 0 Å². The maximum Gasteiger partial charge on any atom is 0.255 e. The summed E-state index contributed by atoms with van der Waals surface area (Å²) in [6, 6.07) is 5.64. The Labute approximate surface area is 106 Å². The zero-order chi connectivity index (χ0) is 13.1. The number of hydrogen-bond donors (Lipinski definition) is 0. The number of amides is 1. The molecule has 1 atom stereocenters. The van der Waals surface area contributed by atoms with Gasteiger partial charge in [-0.15, -0.1) is 0 Å². The van der Waals surface area contributed by atoms with Crippen LogP contribution in [0.2, 0.25) is 0 Å². The Balaban J connectivity index is 2.18. The molecule has 5 nitrogen and oxygen atoms in total. The lowest BCUT2D eigenvalue weighted by atomic mass is 10.1. The van der Waals surface area contributed by atoms with Crippen molar-refractivity contribution in [2.24, 2.45) is 0 Å². The number of aromatic nitrogens is 1. The third-order valence-corrected chi connectivity index (χ3v) is 2.95. The van der Waals surface area contributed by atoms with Crippen LogP contribution in [0.4, 0.5) is 0 Å². The van der Waals surface area contributed by atoms with Gasteiger partial charge in [0.05, 0.1) is 30.5 Å². The molecule has 1 aliphatic rings. The molecule has 1 aromatic rings. The quantitative estimate of drug-likeness (QED) is 0.742. The highest BCUT2D eigenvalue weighted by atomic mass is 16.5. The number of rotatable bonds is 1. The molecule has 1 unspecified atom stereocenters. The molecule has 0 saturated carbocycles. The number of morpholine rings is 1. The van der Waals surface area contributed by atoms with Gasteiger partial charge in [-0.2, -0.15) is 5.26 Å². The summed E-state index contributed by atoms with van der Waals surface area (Å²) in [4.78, 5) is 18.2. The molecule has 0 aromatic carbocycles. The van der Waals surface area contributed by atoms with Crippen molar-refractivity contribution in [3.8, 4) is 6.07 Å². The molecule has 0 aliphatic carbocycles. The van der Waals surface area contributed by atoms with Crippen LogP contribution in [0.5, 0.6) is 0 Å². The molecule has 1 fully saturated rings. The molecular formula is C13H15N3O2. The fraction of sp³-hybridized carbons (Fsp3) is 0.462. The topological polar surface area (TPSA) is 66.2 Å². The van der Waals surface area contributed by atoms with E-state index < -0.39 is 6.10 Å². The van der Waals surface area contributed by atoms with Gasteiger partial charge in [0.2, 0.25) is 0 Å². The number of pyridine rings is 1. The molecule has 2 rings (SSSR count). The third-order valence-electron chi connectivity index (χ3n) is 2.95. The number of hydrogen-bond acceptors (Lipinski definition) is 4. The highest BCUT2D eigenvalue weighted by molar-refractivity contribution is 5.95. The van der Waals surface area contributed by atoms with Gasteiger partial charge in [0.25, 0.3) is 5.91 Å². The van der Waals surface area contributed by atoms with Crippen molar-refractivity contribution in [1.29, 1.82) is 5.26 Å². The molecule has 0 spiro atoms. The van der Waals surface area contributed by atoms with Gasteiger partial charge in [0, 0.05) is 12.2 Å². The van der Waals surface area contributed by atoms with Crippen LogP contribution in [0.25, 0.3) is 0 Å². The Kier molecular flexibility index (Phi) is 3.58. The first-order chi connectivity index (χ1) is 8.61. The van der Waals surface area contributed by atoms with E-state index in [1.165, 1.54) is 0 Å². The minimum Gasteiger partial charge on any atom is -0.360 e.